The number of rotatable bonds is 10. The van der Waals surface area contributed by atoms with Gasteiger partial charge >= 0.3 is 6.03 Å². The first kappa shape index (κ1) is 23.0. The van der Waals surface area contributed by atoms with Gasteiger partial charge in [-0.15, -0.1) is 0 Å². The van der Waals surface area contributed by atoms with Crippen molar-refractivity contribution in [3.63, 3.8) is 0 Å². The van der Waals surface area contributed by atoms with Crippen LogP contribution in [0.2, 0.25) is 0 Å². The first-order valence-electron chi connectivity index (χ1n) is 10.6. The average Bonchev–Trinajstić information content (AvgIpc) is 3.21. The van der Waals surface area contributed by atoms with E-state index in [0.29, 0.717) is 25.3 Å². The Labute approximate surface area is 186 Å². The fourth-order valence-electron chi connectivity index (χ4n) is 3.40. The molecule has 0 unspecified atom stereocenters. The fourth-order valence-corrected chi connectivity index (χ4v) is 3.40. The number of nitrogens with one attached hydrogen (secondary N) is 1. The van der Waals surface area contributed by atoms with Gasteiger partial charge in [-0.25, -0.2) is 9.18 Å². The second-order valence-corrected chi connectivity index (χ2v) is 7.62. The van der Waals surface area contributed by atoms with Gasteiger partial charge in [0.05, 0.1) is 11.5 Å². The Balaban J connectivity index is 1.71. The van der Waals surface area contributed by atoms with E-state index in [1.54, 1.807) is 17.0 Å². The van der Waals surface area contributed by atoms with E-state index in [2.05, 4.69) is 12.2 Å². The van der Waals surface area contributed by atoms with Crippen LogP contribution >= 0.6 is 0 Å². The lowest BCUT2D eigenvalue weighted by Gasteiger charge is -2.24. The van der Waals surface area contributed by atoms with E-state index in [-0.39, 0.29) is 17.5 Å². The number of nitro benzene ring substituents is 1. The molecular weight excluding hydrogens is 411 g/mol. The number of halogens is 1. The number of hydrogen-bond donors (Lipinski definition) is 1. The molecule has 168 valence electrons. The number of nitro groups is 1. The van der Waals surface area contributed by atoms with Crippen molar-refractivity contribution in [2.75, 3.05) is 11.9 Å². The maximum atomic E-state index is 13.2. The second kappa shape index (κ2) is 11.1. The van der Waals surface area contributed by atoms with Gasteiger partial charge in [-0.2, -0.15) is 0 Å². The van der Waals surface area contributed by atoms with E-state index in [0.717, 1.165) is 30.5 Å². The number of hydrogen-bond acceptors (Lipinski definition) is 3. The molecule has 2 amide bonds. The molecule has 8 heteroatoms. The van der Waals surface area contributed by atoms with Crippen LogP contribution in [0.15, 0.2) is 66.9 Å². The van der Waals surface area contributed by atoms with Gasteiger partial charge in [0.25, 0.3) is 5.69 Å². The molecule has 7 nitrogen and oxygen atoms in total. The molecule has 0 aliphatic heterocycles. The Morgan fingerprint density at radius 3 is 2.47 bits per heavy atom. The summed E-state index contributed by atoms with van der Waals surface area (Å²) in [5, 5.41) is 13.7. The number of non-ortho nitro benzene ring substituents is 1. The Bertz CT molecular complexity index is 1030. The number of anilines is 1. The van der Waals surface area contributed by atoms with E-state index in [9.17, 15) is 19.3 Å². The summed E-state index contributed by atoms with van der Waals surface area (Å²) < 4.78 is 15.2. The zero-order valence-electron chi connectivity index (χ0n) is 18.0. The third kappa shape index (κ3) is 6.41. The van der Waals surface area contributed by atoms with Crippen molar-refractivity contribution in [3.05, 3.63) is 94.0 Å². The third-order valence-corrected chi connectivity index (χ3v) is 5.19. The molecule has 1 aromatic heterocycles. The van der Waals surface area contributed by atoms with Crippen LogP contribution in [0.5, 0.6) is 0 Å². The number of benzene rings is 2. The summed E-state index contributed by atoms with van der Waals surface area (Å²) in [5.41, 5.74) is 2.41. The molecule has 0 atom stereocenters. The average molecular weight is 439 g/mol. The molecule has 0 fully saturated rings. The number of unbranched alkanes of at least 4 members (excludes halogenated alkanes) is 2. The largest absolute Gasteiger partial charge is 0.345 e. The smallest absolute Gasteiger partial charge is 0.322 e. The summed E-state index contributed by atoms with van der Waals surface area (Å²) in [7, 11) is 0. The predicted octanol–water partition coefficient (Wildman–Crippen LogP) is 5.81. The highest BCUT2D eigenvalue weighted by Gasteiger charge is 2.16. The quantitative estimate of drug-likeness (QED) is 0.246. The predicted molar refractivity (Wildman–Crippen MR) is 122 cm³/mol. The van der Waals surface area contributed by atoms with Gasteiger partial charge in [-0.05, 0) is 48.4 Å². The van der Waals surface area contributed by atoms with Crippen LogP contribution in [-0.4, -0.2) is 27.0 Å². The van der Waals surface area contributed by atoms with Crippen LogP contribution in [0, 0.1) is 15.9 Å². The van der Waals surface area contributed by atoms with Gasteiger partial charge in [0.2, 0.25) is 0 Å². The van der Waals surface area contributed by atoms with E-state index < -0.39 is 4.92 Å². The molecule has 1 N–H and O–H groups in total. The molecular formula is C24H27FN4O3. The minimum Gasteiger partial charge on any atom is -0.345 e. The normalized spacial score (nSPS) is 10.7. The lowest BCUT2D eigenvalue weighted by molar-refractivity contribution is -0.384. The second-order valence-electron chi connectivity index (χ2n) is 7.62. The van der Waals surface area contributed by atoms with Crippen molar-refractivity contribution in [2.24, 2.45) is 0 Å². The molecule has 0 radical (unpaired) electrons. The molecule has 32 heavy (non-hydrogen) atoms. The number of amides is 2. The number of urea groups is 1. The van der Waals surface area contributed by atoms with E-state index in [1.807, 2.05) is 22.9 Å². The molecule has 3 rings (SSSR count). The summed E-state index contributed by atoms with van der Waals surface area (Å²) in [6.45, 7) is 3.69. The van der Waals surface area contributed by atoms with E-state index in [1.165, 1.54) is 36.4 Å². The van der Waals surface area contributed by atoms with Gasteiger partial charge in [0.15, 0.2) is 0 Å². The summed E-state index contributed by atoms with van der Waals surface area (Å²) in [6.07, 6.45) is 4.87. The number of carbonyl (C=O) groups excluding carboxylic acids is 1. The minimum atomic E-state index is -0.474. The van der Waals surface area contributed by atoms with Crippen molar-refractivity contribution < 1.29 is 14.1 Å². The van der Waals surface area contributed by atoms with E-state index in [4.69, 9.17) is 0 Å². The third-order valence-electron chi connectivity index (χ3n) is 5.19. The zero-order valence-corrected chi connectivity index (χ0v) is 18.0. The van der Waals surface area contributed by atoms with Gasteiger partial charge in [0, 0.05) is 42.8 Å². The summed E-state index contributed by atoms with van der Waals surface area (Å²) in [4.78, 5) is 25.1. The Kier molecular flexibility index (Phi) is 7.96. The van der Waals surface area contributed by atoms with Crippen molar-refractivity contribution in [1.82, 2.24) is 9.47 Å². The SMILES string of the molecule is CCCCCN(Cc1cccn1Cc1ccc(F)cc1)C(=O)Nc1ccc([N+](=O)[O-])cc1. The standard InChI is InChI=1S/C24H27FN4O3/c1-2-3-4-15-28(24(30)26-21-11-13-22(14-12-21)29(31)32)18-23-6-5-16-27(23)17-19-7-9-20(25)10-8-19/h5-14,16H,2-4,15,17-18H2,1H3,(H,26,30). The molecule has 0 spiro atoms. The summed E-state index contributed by atoms with van der Waals surface area (Å²) in [6, 6.07) is 15.8. The van der Waals surface area contributed by atoms with Gasteiger partial charge in [-0.3, -0.25) is 10.1 Å². The van der Waals surface area contributed by atoms with Crippen LogP contribution in [0.4, 0.5) is 20.6 Å². The Hall–Kier alpha value is -3.68. The first-order chi connectivity index (χ1) is 15.5. The number of carbonyl (C=O) groups is 1. The first-order valence-corrected chi connectivity index (χ1v) is 10.6. The van der Waals surface area contributed by atoms with Gasteiger partial charge in [0.1, 0.15) is 5.82 Å². The molecule has 1 heterocycles. The van der Waals surface area contributed by atoms with Crippen LogP contribution < -0.4 is 5.32 Å². The molecule has 0 aliphatic rings. The van der Waals surface area contributed by atoms with Crippen LogP contribution in [-0.2, 0) is 13.1 Å². The fraction of sp³-hybridized carbons (Fsp3) is 0.292. The Morgan fingerprint density at radius 2 is 1.81 bits per heavy atom. The van der Waals surface area contributed by atoms with Crippen LogP contribution in [0.3, 0.4) is 0 Å². The maximum Gasteiger partial charge on any atom is 0.322 e. The minimum absolute atomic E-state index is 0.0265. The molecule has 3 aromatic rings. The molecule has 2 aromatic carbocycles. The monoisotopic (exact) mass is 438 g/mol. The maximum absolute atomic E-state index is 13.2. The van der Waals surface area contributed by atoms with Crippen molar-refractivity contribution in [1.29, 1.82) is 0 Å². The number of aromatic nitrogens is 1. The van der Waals surface area contributed by atoms with Crippen molar-refractivity contribution >= 4 is 17.4 Å². The summed E-state index contributed by atoms with van der Waals surface area (Å²) >= 11 is 0. The Morgan fingerprint density at radius 1 is 1.09 bits per heavy atom. The highest BCUT2D eigenvalue weighted by atomic mass is 19.1. The lowest BCUT2D eigenvalue weighted by atomic mass is 10.2. The highest BCUT2D eigenvalue weighted by molar-refractivity contribution is 5.89. The topological polar surface area (TPSA) is 80.4 Å². The van der Waals surface area contributed by atoms with Gasteiger partial charge < -0.3 is 14.8 Å². The lowest BCUT2D eigenvalue weighted by Crippen LogP contribution is -2.36. The molecule has 0 bridgehead atoms. The highest BCUT2D eigenvalue weighted by Crippen LogP contribution is 2.17. The summed E-state index contributed by atoms with van der Waals surface area (Å²) in [5.74, 6) is -0.272. The molecule has 0 aliphatic carbocycles. The number of nitrogens with zero attached hydrogens (tertiary/aromatic N) is 3. The zero-order chi connectivity index (χ0) is 22.9. The molecule has 0 saturated heterocycles. The van der Waals surface area contributed by atoms with Crippen LogP contribution in [0.25, 0.3) is 0 Å². The van der Waals surface area contributed by atoms with Crippen LogP contribution in [0.1, 0.15) is 37.4 Å². The van der Waals surface area contributed by atoms with Crippen molar-refractivity contribution in [3.8, 4) is 0 Å². The molecule has 0 saturated carbocycles. The van der Waals surface area contributed by atoms with E-state index >= 15 is 0 Å². The van der Waals surface area contributed by atoms with Gasteiger partial charge in [-0.1, -0.05) is 31.9 Å². The van der Waals surface area contributed by atoms with Crippen molar-refractivity contribution in [2.45, 2.75) is 39.3 Å².